The minimum Gasteiger partial charge on any atom is -0.363 e. The summed E-state index contributed by atoms with van der Waals surface area (Å²) in [7, 11) is 0. The fourth-order valence-corrected chi connectivity index (χ4v) is 2.62. The first-order valence-electron chi connectivity index (χ1n) is 7.26. The quantitative estimate of drug-likeness (QED) is 0.893. The molecule has 0 saturated carbocycles. The van der Waals surface area contributed by atoms with Gasteiger partial charge >= 0.3 is 0 Å². The van der Waals surface area contributed by atoms with Crippen LogP contribution in [-0.2, 0) is 0 Å². The lowest BCUT2D eigenvalue weighted by atomic mass is 9.99. The van der Waals surface area contributed by atoms with Crippen molar-refractivity contribution in [1.29, 1.82) is 0 Å². The first kappa shape index (κ1) is 14.6. The highest BCUT2D eigenvalue weighted by Gasteiger charge is 2.18. The van der Waals surface area contributed by atoms with E-state index in [1.54, 1.807) is 0 Å². The summed E-state index contributed by atoms with van der Waals surface area (Å²) in [5.41, 5.74) is 11.2. The van der Waals surface area contributed by atoms with Crippen molar-refractivity contribution in [2.75, 3.05) is 18.0 Å². The molecule has 20 heavy (non-hydrogen) atoms. The molecule has 0 aliphatic heterocycles. The Morgan fingerprint density at radius 2 is 1.70 bits per heavy atom. The second kappa shape index (κ2) is 6.58. The molecule has 2 nitrogen and oxygen atoms in total. The molecule has 2 N–H and O–H groups in total. The molecule has 2 aromatic rings. The number of anilines is 1. The molecule has 0 radical (unpaired) electrons. The van der Waals surface area contributed by atoms with Crippen LogP contribution in [0, 0.1) is 13.8 Å². The Morgan fingerprint density at radius 1 is 1.00 bits per heavy atom. The van der Waals surface area contributed by atoms with Crippen molar-refractivity contribution in [1.82, 2.24) is 0 Å². The van der Waals surface area contributed by atoms with Crippen LogP contribution in [0.25, 0.3) is 0 Å². The van der Waals surface area contributed by atoms with Crippen LogP contribution in [0.3, 0.4) is 0 Å². The first-order valence-corrected chi connectivity index (χ1v) is 7.26. The molecule has 0 heterocycles. The van der Waals surface area contributed by atoms with Crippen LogP contribution in [0.1, 0.15) is 29.7 Å². The summed E-state index contributed by atoms with van der Waals surface area (Å²) in [5.74, 6) is 0. The summed E-state index contributed by atoms with van der Waals surface area (Å²) in [6, 6.07) is 17.4. The van der Waals surface area contributed by atoms with Crippen LogP contribution in [-0.4, -0.2) is 13.1 Å². The van der Waals surface area contributed by atoms with Gasteiger partial charge in [-0.3, -0.25) is 0 Å². The van der Waals surface area contributed by atoms with Crippen LogP contribution in [0.4, 0.5) is 5.69 Å². The molecule has 0 saturated heterocycles. The van der Waals surface area contributed by atoms with E-state index < -0.39 is 0 Å². The molecule has 106 valence electrons. The minimum atomic E-state index is 0.224. The smallest absolute Gasteiger partial charge is 0.0664 e. The molecule has 0 amide bonds. The van der Waals surface area contributed by atoms with E-state index in [1.807, 2.05) is 6.07 Å². The first-order chi connectivity index (χ1) is 9.67. The molecule has 0 fully saturated rings. The Labute approximate surface area is 122 Å². The molecular weight excluding hydrogens is 244 g/mol. The highest BCUT2D eigenvalue weighted by Crippen LogP contribution is 2.27. The Balaban J connectivity index is 2.36. The van der Waals surface area contributed by atoms with E-state index in [2.05, 4.69) is 68.1 Å². The third-order valence-corrected chi connectivity index (χ3v) is 3.94. The number of hydrogen-bond donors (Lipinski definition) is 1. The molecule has 2 rings (SSSR count). The van der Waals surface area contributed by atoms with Gasteiger partial charge in [0, 0.05) is 18.8 Å². The molecule has 2 heteroatoms. The highest BCUT2D eigenvalue weighted by molar-refractivity contribution is 5.49. The molecular formula is C18H24N2. The van der Waals surface area contributed by atoms with E-state index in [0.717, 1.165) is 6.54 Å². The fourth-order valence-electron chi connectivity index (χ4n) is 2.62. The lowest BCUT2D eigenvalue weighted by Gasteiger charge is -2.32. The Hall–Kier alpha value is -1.80. The van der Waals surface area contributed by atoms with Crippen molar-refractivity contribution in [3.63, 3.8) is 0 Å². The Morgan fingerprint density at radius 3 is 2.25 bits per heavy atom. The monoisotopic (exact) mass is 268 g/mol. The zero-order valence-electron chi connectivity index (χ0n) is 12.6. The lowest BCUT2D eigenvalue weighted by Crippen LogP contribution is -2.33. The van der Waals surface area contributed by atoms with Gasteiger partial charge in [0.25, 0.3) is 0 Å². The van der Waals surface area contributed by atoms with E-state index in [1.165, 1.54) is 22.4 Å². The molecule has 0 aromatic heterocycles. The second-order valence-electron chi connectivity index (χ2n) is 5.22. The molecule has 1 unspecified atom stereocenters. The summed E-state index contributed by atoms with van der Waals surface area (Å²) in [4.78, 5) is 2.37. The van der Waals surface area contributed by atoms with Crippen molar-refractivity contribution in [3.8, 4) is 0 Å². The number of rotatable bonds is 5. The molecule has 0 aliphatic carbocycles. The number of benzene rings is 2. The number of aryl methyl sites for hydroxylation is 2. The number of nitrogens with two attached hydrogens (primary N) is 1. The average Bonchev–Trinajstić information content (AvgIpc) is 2.48. The third kappa shape index (κ3) is 3.02. The summed E-state index contributed by atoms with van der Waals surface area (Å²) in [6.45, 7) is 8.04. The fraction of sp³-hybridized carbons (Fsp3) is 0.333. The molecule has 0 spiro atoms. The average molecular weight is 268 g/mol. The largest absolute Gasteiger partial charge is 0.363 e. The number of likely N-dealkylation sites (N-methyl/N-ethyl adjacent to an activating group) is 1. The zero-order chi connectivity index (χ0) is 14.5. The van der Waals surface area contributed by atoms with E-state index in [4.69, 9.17) is 5.73 Å². The normalized spacial score (nSPS) is 12.2. The molecule has 1 atom stereocenters. The van der Waals surface area contributed by atoms with Crippen molar-refractivity contribution in [2.24, 2.45) is 5.73 Å². The van der Waals surface area contributed by atoms with E-state index in [0.29, 0.717) is 6.54 Å². The Kier molecular flexibility index (Phi) is 4.80. The van der Waals surface area contributed by atoms with Crippen LogP contribution in [0.2, 0.25) is 0 Å². The zero-order valence-corrected chi connectivity index (χ0v) is 12.6. The van der Waals surface area contributed by atoms with Gasteiger partial charge in [-0.25, -0.2) is 0 Å². The second-order valence-corrected chi connectivity index (χ2v) is 5.22. The van der Waals surface area contributed by atoms with Gasteiger partial charge in [-0.05, 0) is 49.6 Å². The van der Waals surface area contributed by atoms with Crippen molar-refractivity contribution >= 4 is 5.69 Å². The van der Waals surface area contributed by atoms with Gasteiger partial charge in [0.05, 0.1) is 6.04 Å². The van der Waals surface area contributed by atoms with E-state index >= 15 is 0 Å². The van der Waals surface area contributed by atoms with Crippen LogP contribution < -0.4 is 10.6 Å². The van der Waals surface area contributed by atoms with Crippen LogP contribution in [0.5, 0.6) is 0 Å². The standard InChI is InChI=1S/C18H24N2/c1-4-20(17-8-6-5-7-9-17)18(13-19)16-11-10-14(2)15(3)12-16/h5-12,18H,4,13,19H2,1-3H3. The summed E-state index contributed by atoms with van der Waals surface area (Å²) in [6.07, 6.45) is 0. The van der Waals surface area contributed by atoms with Gasteiger partial charge in [0.2, 0.25) is 0 Å². The van der Waals surface area contributed by atoms with E-state index in [9.17, 15) is 0 Å². The number of nitrogens with zero attached hydrogens (tertiary/aromatic N) is 1. The third-order valence-electron chi connectivity index (χ3n) is 3.94. The predicted molar refractivity (Wildman–Crippen MR) is 87.2 cm³/mol. The van der Waals surface area contributed by atoms with Gasteiger partial charge < -0.3 is 10.6 Å². The van der Waals surface area contributed by atoms with Crippen molar-refractivity contribution in [2.45, 2.75) is 26.8 Å². The number of para-hydroxylation sites is 1. The minimum absolute atomic E-state index is 0.224. The van der Waals surface area contributed by atoms with Gasteiger partial charge in [0.15, 0.2) is 0 Å². The van der Waals surface area contributed by atoms with Gasteiger partial charge in [-0.2, -0.15) is 0 Å². The highest BCUT2D eigenvalue weighted by atomic mass is 15.2. The van der Waals surface area contributed by atoms with Crippen molar-refractivity contribution in [3.05, 3.63) is 65.2 Å². The molecule has 0 aliphatic rings. The maximum atomic E-state index is 6.07. The molecule has 0 bridgehead atoms. The SMILES string of the molecule is CCN(c1ccccc1)C(CN)c1ccc(C)c(C)c1. The lowest BCUT2D eigenvalue weighted by molar-refractivity contribution is 0.643. The molecule has 2 aromatic carbocycles. The summed E-state index contributed by atoms with van der Waals surface area (Å²) >= 11 is 0. The predicted octanol–water partition coefficient (Wildman–Crippen LogP) is 3.83. The van der Waals surface area contributed by atoms with Crippen molar-refractivity contribution < 1.29 is 0 Å². The number of hydrogen-bond acceptors (Lipinski definition) is 2. The maximum absolute atomic E-state index is 6.07. The topological polar surface area (TPSA) is 29.3 Å². The van der Waals surface area contributed by atoms with Gasteiger partial charge in [-0.15, -0.1) is 0 Å². The maximum Gasteiger partial charge on any atom is 0.0664 e. The van der Waals surface area contributed by atoms with Gasteiger partial charge in [-0.1, -0.05) is 36.4 Å². The van der Waals surface area contributed by atoms with E-state index in [-0.39, 0.29) is 6.04 Å². The summed E-state index contributed by atoms with van der Waals surface area (Å²) in [5, 5.41) is 0. The van der Waals surface area contributed by atoms with Crippen LogP contribution >= 0.6 is 0 Å². The summed E-state index contributed by atoms with van der Waals surface area (Å²) < 4.78 is 0. The Bertz CT molecular complexity index is 549. The van der Waals surface area contributed by atoms with Crippen LogP contribution in [0.15, 0.2) is 48.5 Å². The van der Waals surface area contributed by atoms with Gasteiger partial charge in [0.1, 0.15) is 0 Å².